The van der Waals surface area contributed by atoms with Gasteiger partial charge in [-0.1, -0.05) is 30.3 Å². The van der Waals surface area contributed by atoms with Crippen LogP contribution in [0.15, 0.2) is 47.3 Å². The molecule has 1 atom stereocenters. The Labute approximate surface area is 93.3 Å². The van der Waals surface area contributed by atoms with Gasteiger partial charge in [0.05, 0.1) is 11.7 Å². The van der Waals surface area contributed by atoms with E-state index in [1.54, 1.807) is 13.1 Å². The molecule has 4 heteroatoms. The molecule has 0 saturated carbocycles. The highest BCUT2D eigenvalue weighted by Gasteiger charge is 2.10. The lowest BCUT2D eigenvalue weighted by atomic mass is 10.0. The third kappa shape index (κ3) is 2.01. The molecule has 0 aliphatic heterocycles. The molecule has 1 heterocycles. The van der Waals surface area contributed by atoms with Crippen molar-refractivity contribution in [3.05, 3.63) is 64.1 Å². The first-order valence-corrected chi connectivity index (χ1v) is 5.03. The molecule has 1 unspecified atom stereocenters. The fourth-order valence-corrected chi connectivity index (χ4v) is 1.52. The van der Waals surface area contributed by atoms with Crippen LogP contribution in [-0.4, -0.2) is 9.78 Å². The van der Waals surface area contributed by atoms with Gasteiger partial charge in [-0.25, -0.2) is 4.68 Å². The monoisotopic (exact) mass is 215 g/mol. The van der Waals surface area contributed by atoms with Crippen LogP contribution < -0.4 is 11.3 Å². The molecule has 0 aliphatic carbocycles. The van der Waals surface area contributed by atoms with Crippen LogP contribution in [0.3, 0.4) is 0 Å². The van der Waals surface area contributed by atoms with Crippen LogP contribution in [0.1, 0.15) is 17.3 Å². The third-order valence-corrected chi connectivity index (χ3v) is 2.46. The van der Waals surface area contributed by atoms with Gasteiger partial charge < -0.3 is 5.73 Å². The standard InChI is InChI=1S/C12H13N3O/c1-15-11(16)8-7-10(14-15)12(13)9-5-3-2-4-6-9/h2-8,12H,13H2,1H3. The van der Waals surface area contributed by atoms with Crippen molar-refractivity contribution in [1.82, 2.24) is 9.78 Å². The minimum Gasteiger partial charge on any atom is -0.319 e. The lowest BCUT2D eigenvalue weighted by Gasteiger charge is -2.11. The van der Waals surface area contributed by atoms with Gasteiger partial charge in [-0.15, -0.1) is 0 Å². The first-order chi connectivity index (χ1) is 7.68. The predicted molar refractivity (Wildman–Crippen MR) is 62.0 cm³/mol. The summed E-state index contributed by atoms with van der Waals surface area (Å²) in [6, 6.07) is 12.5. The second kappa shape index (κ2) is 4.28. The summed E-state index contributed by atoms with van der Waals surface area (Å²) in [6.45, 7) is 0. The number of rotatable bonds is 2. The average molecular weight is 215 g/mol. The Hall–Kier alpha value is -1.94. The van der Waals surface area contributed by atoms with Crippen LogP contribution in [0.25, 0.3) is 0 Å². The smallest absolute Gasteiger partial charge is 0.266 e. The zero-order valence-corrected chi connectivity index (χ0v) is 9.00. The maximum Gasteiger partial charge on any atom is 0.266 e. The van der Waals surface area contributed by atoms with Crippen molar-refractivity contribution in [1.29, 1.82) is 0 Å². The van der Waals surface area contributed by atoms with Gasteiger partial charge in [0.1, 0.15) is 0 Å². The molecule has 2 aromatic rings. The van der Waals surface area contributed by atoms with Crippen LogP contribution >= 0.6 is 0 Å². The average Bonchev–Trinajstić information content (AvgIpc) is 2.33. The summed E-state index contributed by atoms with van der Waals surface area (Å²) in [6.07, 6.45) is 0. The Morgan fingerprint density at radius 1 is 1.19 bits per heavy atom. The highest BCUT2D eigenvalue weighted by Crippen LogP contribution is 2.15. The fourth-order valence-electron chi connectivity index (χ4n) is 1.52. The van der Waals surface area contributed by atoms with Crippen LogP contribution in [0.5, 0.6) is 0 Å². The molecule has 0 fully saturated rings. The molecule has 1 aromatic heterocycles. The third-order valence-electron chi connectivity index (χ3n) is 2.46. The zero-order chi connectivity index (χ0) is 11.5. The van der Waals surface area contributed by atoms with Crippen molar-refractivity contribution in [3.8, 4) is 0 Å². The van der Waals surface area contributed by atoms with Crippen molar-refractivity contribution in [3.63, 3.8) is 0 Å². The van der Waals surface area contributed by atoms with Gasteiger partial charge in [0.15, 0.2) is 0 Å². The van der Waals surface area contributed by atoms with E-state index in [4.69, 9.17) is 5.73 Å². The molecular weight excluding hydrogens is 202 g/mol. The molecule has 16 heavy (non-hydrogen) atoms. The van der Waals surface area contributed by atoms with E-state index in [1.807, 2.05) is 30.3 Å². The second-order valence-electron chi connectivity index (χ2n) is 3.61. The van der Waals surface area contributed by atoms with Gasteiger partial charge in [-0.3, -0.25) is 4.79 Å². The lowest BCUT2D eigenvalue weighted by Crippen LogP contribution is -2.23. The topological polar surface area (TPSA) is 60.9 Å². The van der Waals surface area contributed by atoms with Crippen LogP contribution in [0, 0.1) is 0 Å². The van der Waals surface area contributed by atoms with E-state index < -0.39 is 0 Å². The molecule has 0 bridgehead atoms. The molecule has 2 N–H and O–H groups in total. The molecule has 0 aliphatic rings. The van der Waals surface area contributed by atoms with E-state index in [9.17, 15) is 4.79 Å². The summed E-state index contributed by atoms with van der Waals surface area (Å²) >= 11 is 0. The molecule has 82 valence electrons. The Balaban J connectivity index is 2.38. The first kappa shape index (κ1) is 10.6. The number of nitrogens with two attached hydrogens (primary N) is 1. The van der Waals surface area contributed by atoms with Gasteiger partial charge in [0, 0.05) is 13.1 Å². The zero-order valence-electron chi connectivity index (χ0n) is 9.00. The predicted octanol–water partition coefficient (Wildman–Crippen LogP) is 0.828. The lowest BCUT2D eigenvalue weighted by molar-refractivity contribution is 0.655. The van der Waals surface area contributed by atoms with Crippen LogP contribution in [0.4, 0.5) is 0 Å². The van der Waals surface area contributed by atoms with E-state index in [2.05, 4.69) is 5.10 Å². The van der Waals surface area contributed by atoms with Crippen molar-refractivity contribution < 1.29 is 0 Å². The van der Waals surface area contributed by atoms with Crippen molar-refractivity contribution in [2.75, 3.05) is 0 Å². The number of aromatic nitrogens is 2. The van der Waals surface area contributed by atoms with Crippen molar-refractivity contribution in [2.24, 2.45) is 12.8 Å². The normalized spacial score (nSPS) is 12.4. The van der Waals surface area contributed by atoms with E-state index in [1.165, 1.54) is 10.7 Å². The van der Waals surface area contributed by atoms with Crippen molar-refractivity contribution in [2.45, 2.75) is 6.04 Å². The van der Waals surface area contributed by atoms with Gasteiger partial charge in [-0.05, 0) is 11.6 Å². The summed E-state index contributed by atoms with van der Waals surface area (Å²) in [5, 5.41) is 4.13. The number of hydrogen-bond acceptors (Lipinski definition) is 3. The highest BCUT2D eigenvalue weighted by molar-refractivity contribution is 5.26. The minimum atomic E-state index is -0.298. The summed E-state index contributed by atoms with van der Waals surface area (Å²) < 4.78 is 1.29. The Morgan fingerprint density at radius 2 is 1.88 bits per heavy atom. The maximum absolute atomic E-state index is 11.2. The molecule has 2 rings (SSSR count). The molecule has 0 amide bonds. The highest BCUT2D eigenvalue weighted by atomic mass is 16.1. The largest absolute Gasteiger partial charge is 0.319 e. The van der Waals surface area contributed by atoms with E-state index >= 15 is 0 Å². The Morgan fingerprint density at radius 3 is 2.50 bits per heavy atom. The first-order valence-electron chi connectivity index (χ1n) is 5.03. The number of benzene rings is 1. The second-order valence-corrected chi connectivity index (χ2v) is 3.61. The fraction of sp³-hybridized carbons (Fsp3) is 0.167. The summed E-state index contributed by atoms with van der Waals surface area (Å²) in [5.41, 5.74) is 7.59. The van der Waals surface area contributed by atoms with E-state index in [-0.39, 0.29) is 11.6 Å². The van der Waals surface area contributed by atoms with Gasteiger partial charge in [0.25, 0.3) is 5.56 Å². The Bertz CT molecular complexity index is 533. The molecule has 0 spiro atoms. The SMILES string of the molecule is Cn1nc(C(N)c2ccccc2)ccc1=O. The van der Waals surface area contributed by atoms with Gasteiger partial charge in [-0.2, -0.15) is 5.10 Å². The molecule has 0 radical (unpaired) electrons. The number of hydrogen-bond donors (Lipinski definition) is 1. The quantitative estimate of drug-likeness (QED) is 0.807. The molecule has 0 saturated heterocycles. The summed E-state index contributed by atoms with van der Waals surface area (Å²) in [7, 11) is 1.61. The number of nitrogens with zero attached hydrogens (tertiary/aromatic N) is 2. The number of aryl methyl sites for hydroxylation is 1. The van der Waals surface area contributed by atoms with Crippen molar-refractivity contribution >= 4 is 0 Å². The minimum absolute atomic E-state index is 0.135. The van der Waals surface area contributed by atoms with Crippen LogP contribution in [-0.2, 0) is 7.05 Å². The van der Waals surface area contributed by atoms with E-state index in [0.29, 0.717) is 5.69 Å². The molecule has 1 aromatic carbocycles. The molecular formula is C12H13N3O. The maximum atomic E-state index is 11.2. The summed E-state index contributed by atoms with van der Waals surface area (Å²) in [4.78, 5) is 11.2. The molecule has 4 nitrogen and oxygen atoms in total. The Kier molecular flexibility index (Phi) is 2.83. The van der Waals surface area contributed by atoms with Gasteiger partial charge >= 0.3 is 0 Å². The van der Waals surface area contributed by atoms with E-state index in [0.717, 1.165) is 5.56 Å². The van der Waals surface area contributed by atoms with Gasteiger partial charge in [0.2, 0.25) is 0 Å². The van der Waals surface area contributed by atoms with Crippen LogP contribution in [0.2, 0.25) is 0 Å². The summed E-state index contributed by atoms with van der Waals surface area (Å²) in [5.74, 6) is 0.